The largest absolute Gasteiger partial charge is 0.456 e. The molecular weight excluding hydrogens is 402 g/mol. The standard InChI is InChI=1S/C25H23N5O2/c1-2-19-5-6-23-10-21(19)14-29-8-7-28(16-25(29)31)15-22-12-27-17-30(22)13-18-3-4-20(11-26)24(9-18)32-23/h2-6,9-10,12,17H,1,7-8,13-16H2. The van der Waals surface area contributed by atoms with E-state index in [1.165, 1.54) is 0 Å². The molecule has 0 radical (unpaired) electrons. The van der Waals surface area contributed by atoms with E-state index in [2.05, 4.69) is 27.1 Å². The molecule has 1 atom stereocenters. The maximum absolute atomic E-state index is 12.9. The molecule has 32 heavy (non-hydrogen) atoms. The van der Waals surface area contributed by atoms with Crippen molar-refractivity contribution in [2.45, 2.75) is 19.6 Å². The molecule has 6 bridgehead atoms. The van der Waals surface area contributed by atoms with Gasteiger partial charge in [0.2, 0.25) is 5.91 Å². The fraction of sp³-hybridized carbons (Fsp3) is 0.240. The van der Waals surface area contributed by atoms with Gasteiger partial charge in [-0.2, -0.15) is 5.26 Å². The Bertz CT molecular complexity index is 1240. The minimum absolute atomic E-state index is 0.104. The van der Waals surface area contributed by atoms with Crippen molar-refractivity contribution in [3.05, 3.63) is 83.4 Å². The second-order valence-corrected chi connectivity index (χ2v) is 8.15. The fourth-order valence-electron chi connectivity index (χ4n) is 4.26. The van der Waals surface area contributed by atoms with E-state index in [9.17, 15) is 10.1 Å². The van der Waals surface area contributed by atoms with E-state index >= 15 is 0 Å². The number of nitrogens with zero attached hydrogens (tertiary/aromatic N) is 5. The molecule has 1 saturated heterocycles. The van der Waals surface area contributed by atoms with Crippen LogP contribution in [0.25, 0.3) is 6.08 Å². The third-order valence-corrected chi connectivity index (χ3v) is 6.02. The summed E-state index contributed by atoms with van der Waals surface area (Å²) in [6, 6.07) is 13.6. The van der Waals surface area contributed by atoms with Gasteiger partial charge in [-0.1, -0.05) is 24.8 Å². The maximum Gasteiger partial charge on any atom is 0.237 e. The molecule has 0 aliphatic carbocycles. The number of hydrogen-bond donors (Lipinski definition) is 0. The normalized spacial score (nSPS) is 17.9. The molecular formula is C25H23N5O2. The van der Waals surface area contributed by atoms with Crippen LogP contribution in [-0.4, -0.2) is 44.9 Å². The van der Waals surface area contributed by atoms with Crippen LogP contribution in [0.2, 0.25) is 0 Å². The Morgan fingerprint density at radius 2 is 2.00 bits per heavy atom. The number of carbonyl (C=O) groups excluding carboxylic acids is 1. The van der Waals surface area contributed by atoms with E-state index in [4.69, 9.17) is 4.74 Å². The minimum Gasteiger partial charge on any atom is -0.456 e. The third-order valence-electron chi connectivity index (χ3n) is 6.02. The summed E-state index contributed by atoms with van der Waals surface area (Å²) in [5, 5.41) is 9.58. The van der Waals surface area contributed by atoms with Crippen molar-refractivity contribution in [1.29, 1.82) is 5.26 Å². The number of ether oxygens (including phenoxy) is 1. The van der Waals surface area contributed by atoms with E-state index < -0.39 is 0 Å². The maximum atomic E-state index is 12.9. The molecule has 0 spiro atoms. The van der Waals surface area contributed by atoms with Gasteiger partial charge in [0.15, 0.2) is 0 Å². The Hall–Kier alpha value is -3.89. The second-order valence-electron chi connectivity index (χ2n) is 8.15. The molecule has 2 aromatic carbocycles. The molecule has 6 rings (SSSR count). The smallest absolute Gasteiger partial charge is 0.237 e. The number of benzene rings is 2. The number of carbonyl (C=O) groups is 1. The van der Waals surface area contributed by atoms with Crippen molar-refractivity contribution in [2.24, 2.45) is 0 Å². The molecule has 1 unspecified atom stereocenters. The number of amides is 1. The number of imidazole rings is 1. The average molecular weight is 425 g/mol. The van der Waals surface area contributed by atoms with Crippen LogP contribution in [0.15, 0.2) is 55.5 Å². The number of fused-ring (bicyclic) bond motifs is 2. The number of hydrogen-bond acceptors (Lipinski definition) is 5. The van der Waals surface area contributed by atoms with Crippen molar-refractivity contribution in [3.63, 3.8) is 0 Å². The predicted octanol–water partition coefficient (Wildman–Crippen LogP) is 3.40. The monoisotopic (exact) mass is 425 g/mol. The molecule has 3 aliphatic heterocycles. The first-order chi connectivity index (χ1) is 15.6. The summed E-state index contributed by atoms with van der Waals surface area (Å²) < 4.78 is 8.24. The van der Waals surface area contributed by atoms with E-state index in [0.717, 1.165) is 28.9 Å². The van der Waals surface area contributed by atoms with Crippen LogP contribution in [0.1, 0.15) is 27.9 Å². The number of nitriles is 1. The summed E-state index contributed by atoms with van der Waals surface area (Å²) in [5.41, 5.74) is 4.46. The van der Waals surface area contributed by atoms with Crippen molar-refractivity contribution in [1.82, 2.24) is 19.4 Å². The third kappa shape index (κ3) is 3.88. The molecule has 7 nitrogen and oxygen atoms in total. The van der Waals surface area contributed by atoms with Crippen molar-refractivity contribution < 1.29 is 9.53 Å². The summed E-state index contributed by atoms with van der Waals surface area (Å²) in [4.78, 5) is 21.3. The molecule has 3 aliphatic rings. The Morgan fingerprint density at radius 3 is 2.81 bits per heavy atom. The molecule has 4 heterocycles. The van der Waals surface area contributed by atoms with Crippen molar-refractivity contribution in [3.8, 4) is 17.6 Å². The first-order valence-corrected chi connectivity index (χ1v) is 10.6. The highest BCUT2D eigenvalue weighted by molar-refractivity contribution is 5.79. The van der Waals surface area contributed by atoms with Crippen LogP contribution < -0.4 is 4.74 Å². The molecule has 1 fully saturated rings. The summed E-state index contributed by atoms with van der Waals surface area (Å²) >= 11 is 0. The van der Waals surface area contributed by atoms with Crippen LogP contribution in [0.4, 0.5) is 0 Å². The first-order valence-electron chi connectivity index (χ1n) is 10.6. The Kier molecular flexibility index (Phi) is 5.21. The minimum atomic E-state index is 0.104. The highest BCUT2D eigenvalue weighted by Gasteiger charge is 2.25. The van der Waals surface area contributed by atoms with Crippen molar-refractivity contribution in [2.75, 3.05) is 19.6 Å². The zero-order valence-electron chi connectivity index (χ0n) is 17.7. The number of aromatic nitrogens is 2. The SMILES string of the molecule is C=Cc1ccc2cc1CN1CCN(CC1=O)Cc1cncn1Cc1ccc(C#N)c(c1)O2. The zero-order valence-corrected chi connectivity index (χ0v) is 17.7. The fourth-order valence-corrected chi connectivity index (χ4v) is 4.26. The lowest BCUT2D eigenvalue weighted by Gasteiger charge is -2.34. The molecule has 1 amide bonds. The van der Waals surface area contributed by atoms with Gasteiger partial charge in [0, 0.05) is 38.9 Å². The second kappa shape index (κ2) is 8.33. The molecule has 0 N–H and O–H groups in total. The van der Waals surface area contributed by atoms with E-state index in [1.54, 1.807) is 18.5 Å². The Morgan fingerprint density at radius 1 is 1.09 bits per heavy atom. The molecule has 160 valence electrons. The Labute approximate surface area is 186 Å². The molecule has 7 heteroatoms. The first kappa shape index (κ1) is 20.0. The lowest BCUT2D eigenvalue weighted by Crippen LogP contribution is -2.49. The van der Waals surface area contributed by atoms with Gasteiger partial charge in [0.1, 0.15) is 17.6 Å². The summed E-state index contributed by atoms with van der Waals surface area (Å²) in [5.74, 6) is 1.24. The van der Waals surface area contributed by atoms with Gasteiger partial charge in [-0.25, -0.2) is 4.98 Å². The van der Waals surface area contributed by atoms with Gasteiger partial charge >= 0.3 is 0 Å². The number of rotatable bonds is 1. The summed E-state index contributed by atoms with van der Waals surface area (Å²) in [7, 11) is 0. The molecule has 1 aromatic heterocycles. The molecule has 0 saturated carbocycles. The van der Waals surface area contributed by atoms with Crippen LogP contribution >= 0.6 is 0 Å². The quantitative estimate of drug-likeness (QED) is 0.597. The van der Waals surface area contributed by atoms with Gasteiger partial charge in [-0.3, -0.25) is 9.69 Å². The topological polar surface area (TPSA) is 74.4 Å². The van der Waals surface area contributed by atoms with Crippen LogP contribution in [0, 0.1) is 11.3 Å². The lowest BCUT2D eigenvalue weighted by atomic mass is 10.1. The van der Waals surface area contributed by atoms with E-state index in [-0.39, 0.29) is 5.91 Å². The van der Waals surface area contributed by atoms with Gasteiger partial charge in [0.05, 0.1) is 24.1 Å². The highest BCUT2D eigenvalue weighted by Crippen LogP contribution is 2.30. The van der Waals surface area contributed by atoms with Gasteiger partial charge in [0.25, 0.3) is 0 Å². The van der Waals surface area contributed by atoms with Gasteiger partial charge in [-0.05, 0) is 41.0 Å². The van der Waals surface area contributed by atoms with Crippen LogP contribution in [-0.2, 0) is 24.4 Å². The van der Waals surface area contributed by atoms with Gasteiger partial charge in [-0.15, -0.1) is 0 Å². The van der Waals surface area contributed by atoms with E-state index in [0.29, 0.717) is 49.8 Å². The summed E-state index contributed by atoms with van der Waals surface area (Å²) in [6.07, 6.45) is 5.44. The zero-order chi connectivity index (χ0) is 22.1. The predicted molar refractivity (Wildman–Crippen MR) is 120 cm³/mol. The lowest BCUT2D eigenvalue weighted by molar-refractivity contribution is -0.136. The van der Waals surface area contributed by atoms with Crippen molar-refractivity contribution >= 4 is 12.0 Å². The van der Waals surface area contributed by atoms with Gasteiger partial charge < -0.3 is 14.2 Å². The molecule has 3 aromatic rings. The van der Waals surface area contributed by atoms with Crippen LogP contribution in [0.3, 0.4) is 0 Å². The average Bonchev–Trinajstić information content (AvgIpc) is 3.22. The van der Waals surface area contributed by atoms with Crippen LogP contribution in [0.5, 0.6) is 11.5 Å². The number of piperazine rings is 1. The highest BCUT2D eigenvalue weighted by atomic mass is 16.5. The Balaban J connectivity index is 1.60. The van der Waals surface area contributed by atoms with E-state index in [1.807, 2.05) is 41.4 Å². The summed E-state index contributed by atoms with van der Waals surface area (Å²) in [6.45, 7) is 7.51.